The van der Waals surface area contributed by atoms with E-state index in [4.69, 9.17) is 11.6 Å². The molecule has 2 aromatic carbocycles. The maximum atomic E-state index is 15.1. The number of hydrogen-bond acceptors (Lipinski definition) is 5. The molecule has 0 radical (unpaired) electrons. The van der Waals surface area contributed by atoms with Gasteiger partial charge in [-0.15, -0.1) is 0 Å². The van der Waals surface area contributed by atoms with Crippen LogP contribution in [-0.4, -0.2) is 41.9 Å². The van der Waals surface area contributed by atoms with Gasteiger partial charge in [0, 0.05) is 23.1 Å². The highest BCUT2D eigenvalue weighted by Gasteiger charge is 2.67. The van der Waals surface area contributed by atoms with Gasteiger partial charge in [0.05, 0.1) is 34.0 Å². The fourth-order valence-electron chi connectivity index (χ4n) is 6.38. The Bertz CT molecular complexity index is 2080. The Kier molecular flexibility index (Phi) is 7.26. The summed E-state index contributed by atoms with van der Waals surface area (Å²) in [7, 11) is 0. The van der Waals surface area contributed by atoms with E-state index < -0.39 is 71.7 Å². The molecule has 1 amide bonds. The number of carbonyl (C=O) groups excluding carboxylic acids is 1. The first kappa shape index (κ1) is 30.7. The second-order valence-corrected chi connectivity index (χ2v) is 11.9. The van der Waals surface area contributed by atoms with E-state index in [0.29, 0.717) is 27.3 Å². The van der Waals surface area contributed by atoms with Crippen molar-refractivity contribution >= 4 is 34.5 Å². The van der Waals surface area contributed by atoms with Crippen molar-refractivity contribution in [1.82, 2.24) is 30.3 Å². The van der Waals surface area contributed by atoms with E-state index in [1.165, 1.54) is 24.4 Å². The molecule has 3 aromatic heterocycles. The van der Waals surface area contributed by atoms with Crippen molar-refractivity contribution in [3.63, 3.8) is 0 Å². The van der Waals surface area contributed by atoms with Gasteiger partial charge in [-0.3, -0.25) is 14.6 Å². The lowest BCUT2D eigenvalue weighted by atomic mass is 9.94. The molecule has 7 rings (SSSR count). The lowest BCUT2D eigenvalue weighted by molar-refractivity contribution is -0.123. The summed E-state index contributed by atoms with van der Waals surface area (Å²) in [4.78, 5) is 30.0. The third-order valence-electron chi connectivity index (χ3n) is 8.45. The van der Waals surface area contributed by atoms with Crippen LogP contribution in [0.2, 0.25) is 5.02 Å². The van der Waals surface area contributed by atoms with Gasteiger partial charge in [0.25, 0.3) is 12.3 Å². The summed E-state index contributed by atoms with van der Waals surface area (Å²) < 4.78 is 87.0. The van der Waals surface area contributed by atoms with Gasteiger partial charge in [-0.25, -0.2) is 27.3 Å². The molecule has 47 heavy (non-hydrogen) atoms. The summed E-state index contributed by atoms with van der Waals surface area (Å²) >= 11 is 6.09. The normalized spacial score (nSPS) is 18.3. The lowest BCUT2D eigenvalue weighted by Gasteiger charge is -2.23. The Morgan fingerprint density at radius 3 is 2.55 bits per heavy atom. The van der Waals surface area contributed by atoms with Crippen molar-refractivity contribution in [1.29, 1.82) is 0 Å². The minimum absolute atomic E-state index is 0.0447. The fraction of sp³-hybridized carbons (Fsp3) is 0.258. The number of rotatable bonds is 9. The van der Waals surface area contributed by atoms with Crippen LogP contribution in [0.25, 0.3) is 22.2 Å². The molecular formula is C31H21ClF6N6O3. The van der Waals surface area contributed by atoms with Crippen molar-refractivity contribution in [3.8, 4) is 11.1 Å². The number of hydrogen-bond donors (Lipinski definition) is 3. The second kappa shape index (κ2) is 11.1. The number of carbonyl (C=O) groups is 2. The van der Waals surface area contributed by atoms with E-state index >= 15 is 8.78 Å². The third kappa shape index (κ3) is 5.37. The average molecular weight is 675 g/mol. The Morgan fingerprint density at radius 2 is 1.85 bits per heavy atom. The average Bonchev–Trinajstić information content (AvgIpc) is 3.41. The molecule has 0 bridgehead atoms. The number of nitrogens with zero attached hydrogens (tertiary/aromatic N) is 4. The minimum atomic E-state index is -3.46. The third-order valence-corrected chi connectivity index (χ3v) is 8.78. The topological polar surface area (TPSA) is 126 Å². The summed E-state index contributed by atoms with van der Waals surface area (Å²) in [6, 6.07) is 7.21. The molecular weight excluding hydrogens is 654 g/mol. The van der Waals surface area contributed by atoms with E-state index in [0.717, 1.165) is 12.1 Å². The molecule has 16 heteroatoms. The number of alkyl halides is 4. The number of carboxylic acid groups (broad SMARTS) is 1. The van der Waals surface area contributed by atoms with Crippen molar-refractivity contribution in [2.45, 2.75) is 43.7 Å². The smallest absolute Gasteiger partial charge is 0.337 e. The van der Waals surface area contributed by atoms with E-state index in [9.17, 15) is 32.3 Å². The number of carboxylic acids is 1. The molecule has 2 aliphatic carbocycles. The van der Waals surface area contributed by atoms with Crippen LogP contribution in [0.3, 0.4) is 0 Å². The van der Waals surface area contributed by atoms with Crippen molar-refractivity contribution in [2.24, 2.45) is 5.92 Å². The van der Waals surface area contributed by atoms with E-state index in [1.807, 2.05) is 0 Å². The van der Waals surface area contributed by atoms with Crippen molar-refractivity contribution in [3.05, 3.63) is 99.1 Å². The number of pyridine rings is 1. The van der Waals surface area contributed by atoms with E-state index in [-0.39, 0.29) is 45.8 Å². The monoisotopic (exact) mass is 674 g/mol. The van der Waals surface area contributed by atoms with Crippen LogP contribution in [0.15, 0.2) is 48.7 Å². The molecule has 3 heterocycles. The number of aromatic nitrogens is 5. The highest BCUT2D eigenvalue weighted by molar-refractivity contribution is 6.33. The molecule has 242 valence electrons. The highest BCUT2D eigenvalue weighted by Crippen LogP contribution is 2.68. The van der Waals surface area contributed by atoms with Crippen LogP contribution in [-0.2, 0) is 23.7 Å². The molecule has 2 aliphatic rings. The molecule has 1 saturated carbocycles. The molecule has 5 aromatic rings. The Hall–Kier alpha value is -4.92. The molecule has 0 saturated heterocycles. The summed E-state index contributed by atoms with van der Waals surface area (Å²) in [6.07, 6.45) is -1.99. The van der Waals surface area contributed by atoms with Crippen LogP contribution < -0.4 is 5.32 Å². The summed E-state index contributed by atoms with van der Waals surface area (Å²) in [5, 5.41) is 22.7. The molecule has 3 atom stereocenters. The zero-order valence-corrected chi connectivity index (χ0v) is 24.5. The fourth-order valence-corrected chi connectivity index (χ4v) is 6.58. The van der Waals surface area contributed by atoms with Crippen molar-refractivity contribution in [2.75, 3.05) is 0 Å². The summed E-state index contributed by atoms with van der Waals surface area (Å²) in [5.74, 6) is -9.42. The predicted molar refractivity (Wildman–Crippen MR) is 154 cm³/mol. The number of halogens is 7. The number of benzene rings is 2. The Balaban J connectivity index is 1.31. The van der Waals surface area contributed by atoms with Crippen LogP contribution in [0, 0.1) is 17.6 Å². The Morgan fingerprint density at radius 1 is 1.11 bits per heavy atom. The van der Waals surface area contributed by atoms with E-state index in [1.54, 1.807) is 6.07 Å². The van der Waals surface area contributed by atoms with Crippen LogP contribution >= 0.6 is 11.6 Å². The van der Waals surface area contributed by atoms with Crippen LogP contribution in [0.1, 0.15) is 63.4 Å². The van der Waals surface area contributed by atoms with Gasteiger partial charge >= 0.3 is 5.97 Å². The van der Waals surface area contributed by atoms with Crippen molar-refractivity contribution < 1.29 is 41.0 Å². The largest absolute Gasteiger partial charge is 0.478 e. The maximum Gasteiger partial charge on any atom is 0.337 e. The quantitative estimate of drug-likeness (QED) is 0.150. The van der Waals surface area contributed by atoms with Gasteiger partial charge in [-0.1, -0.05) is 17.7 Å². The molecule has 0 unspecified atom stereocenters. The number of aromatic amines is 1. The minimum Gasteiger partial charge on any atom is -0.478 e. The molecule has 0 spiro atoms. The predicted octanol–water partition coefficient (Wildman–Crippen LogP) is 6.70. The number of nitrogens with one attached hydrogen (secondary N) is 2. The number of aromatic carboxylic acids is 1. The number of fused-ring (bicyclic) bond motifs is 4. The molecule has 1 fully saturated rings. The molecule has 9 nitrogen and oxygen atoms in total. The second-order valence-electron chi connectivity index (χ2n) is 11.5. The molecule has 3 N–H and O–H groups in total. The van der Waals surface area contributed by atoms with E-state index in [2.05, 4.69) is 25.6 Å². The highest BCUT2D eigenvalue weighted by atomic mass is 35.5. The van der Waals surface area contributed by atoms with Gasteiger partial charge < -0.3 is 10.4 Å². The zero-order valence-electron chi connectivity index (χ0n) is 23.7. The number of H-pyrrole nitrogens is 1. The van der Waals surface area contributed by atoms with Crippen LogP contribution in [0.5, 0.6) is 0 Å². The first-order valence-corrected chi connectivity index (χ1v) is 14.6. The van der Waals surface area contributed by atoms with Gasteiger partial charge in [0.1, 0.15) is 35.1 Å². The van der Waals surface area contributed by atoms with Gasteiger partial charge in [0.2, 0.25) is 5.91 Å². The maximum absolute atomic E-state index is 15.1. The standard InChI is InChI=1S/C31H21ClF6N6O3/c32-20-2-1-13(6-18(20)30(46)47)16-9-21-23(10-39-42-21)41-26(16)22(5-12-3-14(33)7-15(34)4-12)40-24(45)11-44-28-25(27(43-44)29(35)36)17-8-19(17)31(28,37)38/h1-4,6-7,9-10,17,19,22,29H,5,8,11H2,(H,39,42)(H,40,45)(H,46,47)/t17-,19+,22-/m0/s1. The summed E-state index contributed by atoms with van der Waals surface area (Å²) in [5.41, 5.74) is -0.520. The SMILES string of the molecule is O=C(Cn1nc(C(F)F)c2c1C(F)(F)[C@@H]1C[C@H]21)N[C@@H](Cc1cc(F)cc(F)c1)c1nc2cn[nH]c2cc1-c1ccc(Cl)c(C(=O)O)c1. The first-order chi connectivity index (χ1) is 22.3. The van der Waals surface area contributed by atoms with Gasteiger partial charge in [-0.2, -0.15) is 19.0 Å². The Labute approximate surface area is 265 Å². The number of amides is 1. The first-order valence-electron chi connectivity index (χ1n) is 14.2. The van der Waals surface area contributed by atoms with Crippen LogP contribution in [0.4, 0.5) is 26.3 Å². The zero-order chi connectivity index (χ0) is 33.4. The molecule has 0 aliphatic heterocycles. The van der Waals surface area contributed by atoms with Gasteiger partial charge in [-0.05, 0) is 60.2 Å². The summed E-state index contributed by atoms with van der Waals surface area (Å²) in [6.45, 7) is -0.870. The van der Waals surface area contributed by atoms with Gasteiger partial charge in [0.15, 0.2) is 0 Å². The lowest BCUT2D eigenvalue weighted by Crippen LogP contribution is -2.35.